The van der Waals surface area contributed by atoms with Crippen molar-refractivity contribution in [3.05, 3.63) is 32.6 Å². The topological polar surface area (TPSA) is 131 Å². The molecule has 5 N–H and O–H groups in total. The van der Waals surface area contributed by atoms with Crippen molar-refractivity contribution in [2.24, 2.45) is 5.73 Å². The van der Waals surface area contributed by atoms with Crippen molar-refractivity contribution >= 4 is 0 Å². The van der Waals surface area contributed by atoms with Crippen LogP contribution in [0, 0.1) is 6.92 Å². The van der Waals surface area contributed by atoms with Gasteiger partial charge in [-0.2, -0.15) is 0 Å². The smallest absolute Gasteiger partial charge is 0.330 e. The van der Waals surface area contributed by atoms with Crippen LogP contribution in [0.5, 0.6) is 0 Å². The molecule has 1 aliphatic rings. The second-order valence-corrected chi connectivity index (χ2v) is 4.29. The van der Waals surface area contributed by atoms with Crippen molar-refractivity contribution in [1.82, 2.24) is 9.55 Å². The Morgan fingerprint density at radius 1 is 1.56 bits per heavy atom. The molecule has 2 rings (SSSR count). The van der Waals surface area contributed by atoms with E-state index >= 15 is 0 Å². The highest BCUT2D eigenvalue weighted by atomic mass is 16.5. The maximum absolute atomic E-state index is 11.7. The number of aromatic nitrogens is 2. The quantitative estimate of drug-likeness (QED) is 0.460. The van der Waals surface area contributed by atoms with Gasteiger partial charge in [-0.3, -0.25) is 14.3 Å². The summed E-state index contributed by atoms with van der Waals surface area (Å²) in [5.74, 6) is 0. The lowest BCUT2D eigenvalue weighted by Crippen LogP contribution is -2.43. The second-order valence-electron chi connectivity index (χ2n) is 4.29. The zero-order valence-electron chi connectivity index (χ0n) is 9.74. The van der Waals surface area contributed by atoms with Crippen LogP contribution in [0.2, 0.25) is 0 Å². The monoisotopic (exact) mass is 257 g/mol. The largest absolute Gasteiger partial charge is 0.394 e. The van der Waals surface area contributed by atoms with Crippen LogP contribution in [-0.4, -0.2) is 44.6 Å². The van der Waals surface area contributed by atoms with Gasteiger partial charge in [0.2, 0.25) is 0 Å². The van der Waals surface area contributed by atoms with Gasteiger partial charge in [0.1, 0.15) is 12.2 Å². The Balaban J connectivity index is 2.42. The Labute approximate surface area is 102 Å². The van der Waals surface area contributed by atoms with Crippen LogP contribution in [0.4, 0.5) is 0 Å². The molecule has 1 saturated heterocycles. The maximum atomic E-state index is 11.7. The first-order chi connectivity index (χ1) is 8.45. The molecular weight excluding hydrogens is 242 g/mol. The molecule has 100 valence electrons. The third-order valence-electron chi connectivity index (χ3n) is 3.02. The van der Waals surface area contributed by atoms with Crippen LogP contribution in [0.1, 0.15) is 11.8 Å². The van der Waals surface area contributed by atoms with Crippen molar-refractivity contribution in [1.29, 1.82) is 0 Å². The van der Waals surface area contributed by atoms with E-state index in [2.05, 4.69) is 4.98 Å². The van der Waals surface area contributed by atoms with Crippen LogP contribution in [0.25, 0.3) is 0 Å². The number of nitrogens with one attached hydrogen (secondary N) is 1. The van der Waals surface area contributed by atoms with E-state index in [-0.39, 0.29) is 0 Å². The van der Waals surface area contributed by atoms with E-state index in [1.165, 1.54) is 13.1 Å². The van der Waals surface area contributed by atoms with E-state index in [0.29, 0.717) is 5.56 Å². The van der Waals surface area contributed by atoms with Gasteiger partial charge in [0, 0.05) is 11.8 Å². The highest BCUT2D eigenvalue weighted by molar-refractivity contribution is 5.03. The van der Waals surface area contributed by atoms with E-state index in [0.717, 1.165) is 4.57 Å². The fourth-order valence-corrected chi connectivity index (χ4v) is 1.94. The summed E-state index contributed by atoms with van der Waals surface area (Å²) in [5, 5.41) is 18.7. The van der Waals surface area contributed by atoms with Crippen molar-refractivity contribution in [2.45, 2.75) is 31.4 Å². The zero-order valence-corrected chi connectivity index (χ0v) is 9.74. The molecule has 0 radical (unpaired) electrons. The molecule has 0 aliphatic carbocycles. The van der Waals surface area contributed by atoms with Crippen LogP contribution in [0.3, 0.4) is 0 Å². The predicted molar refractivity (Wildman–Crippen MR) is 61.0 cm³/mol. The number of nitrogens with zero attached hydrogens (tertiary/aromatic N) is 1. The van der Waals surface area contributed by atoms with Gasteiger partial charge >= 0.3 is 5.69 Å². The van der Waals surface area contributed by atoms with Gasteiger partial charge in [0.25, 0.3) is 5.56 Å². The molecule has 1 aromatic heterocycles. The number of aryl methyl sites for hydroxylation is 1. The molecule has 8 heteroatoms. The molecule has 0 amide bonds. The first-order valence-corrected chi connectivity index (χ1v) is 5.47. The number of rotatable bonds is 2. The lowest BCUT2D eigenvalue weighted by atomic mass is 10.1. The number of aliphatic hydroxyl groups is 2. The summed E-state index contributed by atoms with van der Waals surface area (Å²) < 4.78 is 6.42. The first kappa shape index (κ1) is 13.0. The summed E-state index contributed by atoms with van der Waals surface area (Å²) in [4.78, 5) is 25.0. The van der Waals surface area contributed by atoms with E-state index in [1.807, 2.05) is 0 Å². The molecule has 8 nitrogen and oxygen atoms in total. The molecule has 18 heavy (non-hydrogen) atoms. The summed E-state index contributed by atoms with van der Waals surface area (Å²) in [7, 11) is 0. The normalized spacial score (nSPS) is 31.8. The molecule has 0 aromatic carbocycles. The number of aliphatic hydroxyl groups excluding tert-OH is 2. The Hall–Kier alpha value is -1.48. The minimum absolute atomic E-state index is 0.326. The Morgan fingerprint density at radius 3 is 2.78 bits per heavy atom. The first-order valence-electron chi connectivity index (χ1n) is 5.47. The second kappa shape index (κ2) is 4.65. The Bertz CT molecular complexity index is 551. The number of ether oxygens (including phenoxy) is 1. The van der Waals surface area contributed by atoms with Gasteiger partial charge in [0.05, 0.1) is 12.6 Å². The standard InChI is InChI=1S/C10H15N3O5/c1-4-2-13(10(17)12-8(4)16)9-6(11)7(15)5(3-14)18-9/h2,5-7,9,14-15H,3,11H2,1H3,(H,12,16,17). The summed E-state index contributed by atoms with van der Waals surface area (Å²) in [6.07, 6.45) is -1.51. The molecule has 0 spiro atoms. The van der Waals surface area contributed by atoms with Crippen LogP contribution < -0.4 is 17.0 Å². The average molecular weight is 257 g/mol. The van der Waals surface area contributed by atoms with Gasteiger partial charge < -0.3 is 20.7 Å². The molecule has 0 bridgehead atoms. The lowest BCUT2D eigenvalue weighted by Gasteiger charge is -2.18. The third kappa shape index (κ3) is 1.99. The third-order valence-corrected chi connectivity index (χ3v) is 3.02. The fraction of sp³-hybridized carbons (Fsp3) is 0.600. The Morgan fingerprint density at radius 2 is 2.22 bits per heavy atom. The molecule has 1 aromatic rings. The highest BCUT2D eigenvalue weighted by Gasteiger charge is 2.42. The number of aromatic amines is 1. The van der Waals surface area contributed by atoms with Crippen molar-refractivity contribution in [3.8, 4) is 0 Å². The van der Waals surface area contributed by atoms with Crippen molar-refractivity contribution in [2.75, 3.05) is 6.61 Å². The minimum atomic E-state index is -1.07. The van der Waals surface area contributed by atoms with Crippen LogP contribution >= 0.6 is 0 Å². The van der Waals surface area contributed by atoms with Gasteiger partial charge in [-0.25, -0.2) is 4.79 Å². The zero-order chi connectivity index (χ0) is 13.4. The average Bonchev–Trinajstić information content (AvgIpc) is 2.61. The van der Waals surface area contributed by atoms with Gasteiger partial charge in [-0.1, -0.05) is 0 Å². The molecule has 2 heterocycles. The highest BCUT2D eigenvalue weighted by Crippen LogP contribution is 2.26. The summed E-state index contributed by atoms with van der Waals surface area (Å²) in [6.45, 7) is 1.14. The van der Waals surface area contributed by atoms with Crippen molar-refractivity contribution < 1.29 is 14.9 Å². The molecule has 0 saturated carbocycles. The molecular formula is C10H15N3O5. The van der Waals surface area contributed by atoms with E-state index in [9.17, 15) is 14.7 Å². The number of nitrogens with two attached hydrogens (primary N) is 1. The van der Waals surface area contributed by atoms with E-state index in [4.69, 9.17) is 15.6 Å². The maximum Gasteiger partial charge on any atom is 0.330 e. The van der Waals surface area contributed by atoms with Crippen LogP contribution in [-0.2, 0) is 4.74 Å². The summed E-state index contributed by atoms with van der Waals surface area (Å²) in [5.41, 5.74) is 4.91. The van der Waals surface area contributed by atoms with Gasteiger partial charge in [-0.05, 0) is 6.92 Å². The lowest BCUT2D eigenvalue weighted by molar-refractivity contribution is -0.0465. The summed E-state index contributed by atoms with van der Waals surface area (Å²) in [6, 6.07) is -0.856. The molecule has 1 fully saturated rings. The van der Waals surface area contributed by atoms with Crippen LogP contribution in [0.15, 0.2) is 15.8 Å². The molecule has 1 aliphatic heterocycles. The van der Waals surface area contributed by atoms with E-state index in [1.54, 1.807) is 0 Å². The van der Waals surface area contributed by atoms with Crippen molar-refractivity contribution in [3.63, 3.8) is 0 Å². The van der Waals surface area contributed by atoms with Gasteiger partial charge in [0.15, 0.2) is 6.23 Å². The Kier molecular flexibility index (Phi) is 3.35. The summed E-state index contributed by atoms with van der Waals surface area (Å²) >= 11 is 0. The SMILES string of the molecule is Cc1cn(C2OC(CO)C(O)C2N)c(=O)[nH]c1=O. The fourth-order valence-electron chi connectivity index (χ4n) is 1.94. The van der Waals surface area contributed by atoms with E-state index < -0.39 is 42.3 Å². The molecule has 4 atom stereocenters. The number of hydrogen-bond donors (Lipinski definition) is 4. The number of H-pyrrole nitrogens is 1. The predicted octanol–water partition coefficient (Wildman–Crippen LogP) is -2.58. The number of hydrogen-bond acceptors (Lipinski definition) is 6. The molecule has 4 unspecified atom stereocenters. The van der Waals surface area contributed by atoms with Gasteiger partial charge in [-0.15, -0.1) is 0 Å². The minimum Gasteiger partial charge on any atom is -0.394 e.